The zero-order valence-corrected chi connectivity index (χ0v) is 17.5. The molecular weight excluding hydrogens is 360 g/mol. The van der Waals surface area contributed by atoms with Gasteiger partial charge in [-0.2, -0.15) is 0 Å². The molecule has 1 amide bonds. The molecule has 29 heavy (non-hydrogen) atoms. The van der Waals surface area contributed by atoms with Gasteiger partial charge in [-0.05, 0) is 30.9 Å². The lowest BCUT2D eigenvalue weighted by molar-refractivity contribution is -0.127. The third-order valence-electron chi connectivity index (χ3n) is 5.42. The van der Waals surface area contributed by atoms with Crippen LogP contribution in [0.1, 0.15) is 23.1 Å². The summed E-state index contributed by atoms with van der Waals surface area (Å²) >= 11 is 0. The van der Waals surface area contributed by atoms with Crippen LogP contribution in [0.25, 0.3) is 0 Å². The average molecular weight is 393 g/mol. The number of nitrogens with zero attached hydrogens (tertiary/aromatic N) is 2. The van der Waals surface area contributed by atoms with Crippen LogP contribution in [0.15, 0.2) is 59.6 Å². The topological polar surface area (TPSA) is 56.7 Å². The van der Waals surface area contributed by atoms with E-state index in [9.17, 15) is 4.79 Å². The van der Waals surface area contributed by atoms with Gasteiger partial charge in [0, 0.05) is 45.6 Å². The summed E-state index contributed by atoms with van der Waals surface area (Å²) in [7, 11) is 1.78. The summed E-state index contributed by atoms with van der Waals surface area (Å²) in [6.45, 7) is 5.31. The minimum atomic E-state index is 0.259. The molecule has 0 aromatic heterocycles. The van der Waals surface area contributed by atoms with Gasteiger partial charge in [-0.3, -0.25) is 9.79 Å². The van der Waals surface area contributed by atoms with Gasteiger partial charge in [-0.1, -0.05) is 60.2 Å². The number of amides is 1. The highest BCUT2D eigenvalue weighted by Crippen LogP contribution is 2.17. The van der Waals surface area contributed by atoms with Crippen LogP contribution in [0.4, 0.5) is 0 Å². The quantitative estimate of drug-likeness (QED) is 0.537. The summed E-state index contributed by atoms with van der Waals surface area (Å²) in [6.07, 6.45) is 2.48. The van der Waals surface area contributed by atoms with Crippen molar-refractivity contribution in [3.8, 4) is 0 Å². The molecule has 2 aromatic rings. The van der Waals surface area contributed by atoms with Crippen LogP contribution in [-0.4, -0.2) is 50.0 Å². The molecule has 1 aliphatic rings. The van der Waals surface area contributed by atoms with Crippen LogP contribution in [0.5, 0.6) is 0 Å². The molecule has 1 atom stereocenters. The van der Waals surface area contributed by atoms with E-state index < -0.39 is 0 Å². The average Bonchev–Trinajstić information content (AvgIpc) is 3.10. The van der Waals surface area contributed by atoms with Gasteiger partial charge in [0.05, 0.1) is 0 Å². The lowest BCUT2D eigenvalue weighted by Crippen LogP contribution is -2.41. The molecule has 5 heteroatoms. The van der Waals surface area contributed by atoms with Crippen molar-refractivity contribution >= 4 is 11.9 Å². The van der Waals surface area contributed by atoms with Crippen LogP contribution in [0, 0.1) is 12.8 Å². The van der Waals surface area contributed by atoms with Crippen LogP contribution >= 0.6 is 0 Å². The zero-order chi connectivity index (χ0) is 20.5. The molecule has 1 saturated heterocycles. The Kier molecular flexibility index (Phi) is 7.68. The number of nitrogens with one attached hydrogen (secondary N) is 2. The highest BCUT2D eigenvalue weighted by molar-refractivity contribution is 5.80. The van der Waals surface area contributed by atoms with E-state index in [1.807, 2.05) is 23.1 Å². The first kappa shape index (κ1) is 20.9. The van der Waals surface area contributed by atoms with Crippen molar-refractivity contribution in [2.45, 2.75) is 26.2 Å². The van der Waals surface area contributed by atoms with Gasteiger partial charge >= 0.3 is 0 Å². The molecule has 0 spiro atoms. The minimum absolute atomic E-state index is 0.259. The Balaban J connectivity index is 1.37. The van der Waals surface area contributed by atoms with Crippen molar-refractivity contribution in [1.82, 2.24) is 15.5 Å². The van der Waals surface area contributed by atoms with E-state index in [1.54, 1.807) is 7.05 Å². The van der Waals surface area contributed by atoms with Gasteiger partial charge in [0.15, 0.2) is 5.96 Å². The van der Waals surface area contributed by atoms with Crippen molar-refractivity contribution in [2.24, 2.45) is 10.9 Å². The smallest absolute Gasteiger partial charge is 0.223 e. The van der Waals surface area contributed by atoms with Gasteiger partial charge in [0.25, 0.3) is 0 Å². The third kappa shape index (κ3) is 6.63. The fraction of sp³-hybridized carbons (Fsp3) is 0.417. The van der Waals surface area contributed by atoms with Crippen molar-refractivity contribution in [3.63, 3.8) is 0 Å². The van der Waals surface area contributed by atoms with Gasteiger partial charge in [0.1, 0.15) is 0 Å². The second kappa shape index (κ2) is 10.6. The Morgan fingerprint density at radius 1 is 1.03 bits per heavy atom. The number of hydrogen-bond acceptors (Lipinski definition) is 2. The Morgan fingerprint density at radius 2 is 1.76 bits per heavy atom. The molecule has 0 aliphatic carbocycles. The van der Waals surface area contributed by atoms with Gasteiger partial charge in [0.2, 0.25) is 5.91 Å². The first-order chi connectivity index (χ1) is 14.1. The summed E-state index contributed by atoms with van der Waals surface area (Å²) in [5.41, 5.74) is 3.87. The van der Waals surface area contributed by atoms with Gasteiger partial charge < -0.3 is 15.5 Å². The first-order valence-corrected chi connectivity index (χ1v) is 10.5. The summed E-state index contributed by atoms with van der Waals surface area (Å²) in [4.78, 5) is 18.6. The predicted octanol–water partition coefficient (Wildman–Crippen LogP) is 2.79. The molecule has 2 N–H and O–H groups in total. The van der Waals surface area contributed by atoms with E-state index in [-0.39, 0.29) is 5.91 Å². The second-order valence-electron chi connectivity index (χ2n) is 7.76. The number of rotatable bonds is 8. The number of likely N-dealkylation sites (tertiary alicyclic amines) is 1. The molecule has 154 valence electrons. The fourth-order valence-corrected chi connectivity index (χ4v) is 3.66. The minimum Gasteiger partial charge on any atom is -0.356 e. The van der Waals surface area contributed by atoms with Gasteiger partial charge in [-0.15, -0.1) is 0 Å². The second-order valence-corrected chi connectivity index (χ2v) is 7.76. The maximum absolute atomic E-state index is 12.3. The van der Waals surface area contributed by atoms with Crippen molar-refractivity contribution in [2.75, 3.05) is 33.2 Å². The molecule has 1 aliphatic heterocycles. The Labute approximate surface area is 174 Å². The first-order valence-electron chi connectivity index (χ1n) is 10.5. The van der Waals surface area contributed by atoms with Crippen molar-refractivity contribution in [3.05, 3.63) is 71.3 Å². The maximum Gasteiger partial charge on any atom is 0.223 e. The maximum atomic E-state index is 12.3. The van der Waals surface area contributed by atoms with E-state index in [2.05, 4.69) is 58.9 Å². The molecule has 0 bridgehead atoms. The fourth-order valence-electron chi connectivity index (χ4n) is 3.66. The van der Waals surface area contributed by atoms with Crippen molar-refractivity contribution in [1.29, 1.82) is 0 Å². The number of benzene rings is 2. The number of carbonyl (C=O) groups is 1. The zero-order valence-electron chi connectivity index (χ0n) is 17.5. The lowest BCUT2D eigenvalue weighted by atomic mass is 10.1. The monoisotopic (exact) mass is 392 g/mol. The van der Waals surface area contributed by atoms with Crippen LogP contribution < -0.4 is 10.6 Å². The molecule has 1 unspecified atom stereocenters. The van der Waals surface area contributed by atoms with E-state index in [0.717, 1.165) is 45.0 Å². The van der Waals surface area contributed by atoms with E-state index >= 15 is 0 Å². The van der Waals surface area contributed by atoms with Crippen molar-refractivity contribution < 1.29 is 4.79 Å². The Morgan fingerprint density at radius 3 is 2.48 bits per heavy atom. The molecule has 5 nitrogen and oxygen atoms in total. The Hall–Kier alpha value is -2.82. The molecule has 0 saturated carbocycles. The molecule has 0 radical (unpaired) electrons. The van der Waals surface area contributed by atoms with E-state index in [1.165, 1.54) is 16.7 Å². The van der Waals surface area contributed by atoms with Gasteiger partial charge in [-0.25, -0.2) is 0 Å². The number of carbonyl (C=O) groups excluding carboxylic acids is 1. The molecule has 1 heterocycles. The molecular formula is C24H32N4O. The summed E-state index contributed by atoms with van der Waals surface area (Å²) in [5, 5.41) is 6.75. The predicted molar refractivity (Wildman–Crippen MR) is 119 cm³/mol. The highest BCUT2D eigenvalue weighted by atomic mass is 16.2. The summed E-state index contributed by atoms with van der Waals surface area (Å²) in [6, 6.07) is 19.0. The van der Waals surface area contributed by atoms with Crippen LogP contribution in [0.2, 0.25) is 0 Å². The SMILES string of the molecule is CN=C(NCCc1ccc(C)cc1)NCC1CC(=O)N(CCc2ccccc2)C1. The summed E-state index contributed by atoms with van der Waals surface area (Å²) in [5.74, 6) is 1.39. The number of hydrogen-bond donors (Lipinski definition) is 2. The largest absolute Gasteiger partial charge is 0.356 e. The van der Waals surface area contributed by atoms with E-state index in [0.29, 0.717) is 12.3 Å². The number of aryl methyl sites for hydroxylation is 1. The number of guanidine groups is 1. The lowest BCUT2D eigenvalue weighted by Gasteiger charge is -2.18. The standard InChI is InChI=1S/C24H32N4O/c1-19-8-10-21(11-9-19)12-14-26-24(25-2)27-17-22-16-23(29)28(18-22)15-13-20-6-4-3-5-7-20/h3-11,22H,12-18H2,1-2H3,(H2,25,26,27). The molecule has 3 rings (SSSR count). The normalized spacial score (nSPS) is 16.9. The summed E-state index contributed by atoms with van der Waals surface area (Å²) < 4.78 is 0. The third-order valence-corrected chi connectivity index (χ3v) is 5.42. The number of aliphatic imine (C=N–C) groups is 1. The molecule has 1 fully saturated rings. The van der Waals surface area contributed by atoms with Crippen LogP contribution in [-0.2, 0) is 17.6 Å². The molecule has 2 aromatic carbocycles. The van der Waals surface area contributed by atoms with E-state index in [4.69, 9.17) is 0 Å². The highest BCUT2D eigenvalue weighted by Gasteiger charge is 2.29. The Bertz CT molecular complexity index is 801. The van der Waals surface area contributed by atoms with Crippen LogP contribution in [0.3, 0.4) is 0 Å².